The zero-order chi connectivity index (χ0) is 15.0. The van der Waals surface area contributed by atoms with Gasteiger partial charge in [0.1, 0.15) is 11.6 Å². The lowest BCUT2D eigenvalue weighted by Crippen LogP contribution is -2.17. The van der Waals surface area contributed by atoms with Gasteiger partial charge in [0.15, 0.2) is 0 Å². The van der Waals surface area contributed by atoms with E-state index in [0.29, 0.717) is 5.69 Å². The van der Waals surface area contributed by atoms with E-state index in [4.69, 9.17) is 5.73 Å². The van der Waals surface area contributed by atoms with Crippen molar-refractivity contribution in [1.82, 2.24) is 4.98 Å². The highest BCUT2D eigenvalue weighted by Gasteiger charge is 2.20. The minimum Gasteiger partial charge on any atom is -0.319 e. The van der Waals surface area contributed by atoms with Crippen molar-refractivity contribution in [1.29, 1.82) is 0 Å². The van der Waals surface area contributed by atoms with Crippen molar-refractivity contribution in [3.63, 3.8) is 0 Å². The second-order valence-corrected chi connectivity index (χ2v) is 4.99. The molecule has 0 spiro atoms. The van der Waals surface area contributed by atoms with Gasteiger partial charge in [-0.15, -0.1) is 0 Å². The molecule has 0 aliphatic heterocycles. The van der Waals surface area contributed by atoms with E-state index in [9.17, 15) is 8.78 Å². The second kappa shape index (κ2) is 5.22. The fourth-order valence-corrected chi connectivity index (χ4v) is 2.49. The molecule has 0 saturated carbocycles. The number of rotatable bonds is 2. The lowest BCUT2D eigenvalue weighted by Gasteiger charge is -2.15. The number of hydrogen-bond donors (Lipinski definition) is 1. The van der Waals surface area contributed by atoms with Crippen molar-refractivity contribution < 1.29 is 8.78 Å². The normalized spacial score (nSPS) is 12.6. The van der Waals surface area contributed by atoms with Crippen molar-refractivity contribution in [3.05, 3.63) is 77.0 Å². The number of aromatic nitrogens is 1. The van der Waals surface area contributed by atoms with Gasteiger partial charge in [-0.05, 0) is 36.8 Å². The Labute approximate surface area is 121 Å². The minimum atomic E-state index is -0.936. The molecule has 0 fully saturated rings. The Kier molecular flexibility index (Phi) is 3.39. The molecule has 3 rings (SSSR count). The van der Waals surface area contributed by atoms with Crippen LogP contribution in [0.4, 0.5) is 8.78 Å². The summed E-state index contributed by atoms with van der Waals surface area (Å²) in [7, 11) is 0. The molecule has 0 bridgehead atoms. The summed E-state index contributed by atoms with van der Waals surface area (Å²) in [5.74, 6) is -1.31. The van der Waals surface area contributed by atoms with Gasteiger partial charge < -0.3 is 5.73 Å². The fourth-order valence-electron chi connectivity index (χ4n) is 2.49. The van der Waals surface area contributed by atoms with Gasteiger partial charge in [0.05, 0.1) is 17.3 Å². The molecular formula is C17H14F2N2. The number of hydrogen-bond acceptors (Lipinski definition) is 2. The van der Waals surface area contributed by atoms with Crippen LogP contribution in [0.3, 0.4) is 0 Å². The number of fused-ring (bicyclic) bond motifs is 1. The maximum absolute atomic E-state index is 13.9. The Morgan fingerprint density at radius 3 is 2.38 bits per heavy atom. The predicted molar refractivity (Wildman–Crippen MR) is 78.9 cm³/mol. The highest BCUT2D eigenvalue weighted by atomic mass is 19.1. The van der Waals surface area contributed by atoms with Crippen molar-refractivity contribution in [2.75, 3.05) is 0 Å². The molecule has 21 heavy (non-hydrogen) atoms. The summed E-state index contributed by atoms with van der Waals surface area (Å²) in [6.07, 6.45) is 0. The maximum Gasteiger partial charge on any atom is 0.131 e. The highest BCUT2D eigenvalue weighted by molar-refractivity contribution is 5.82. The summed E-state index contributed by atoms with van der Waals surface area (Å²) < 4.78 is 27.7. The van der Waals surface area contributed by atoms with Gasteiger partial charge in [0.2, 0.25) is 0 Å². The van der Waals surface area contributed by atoms with E-state index in [1.165, 1.54) is 18.2 Å². The van der Waals surface area contributed by atoms with E-state index >= 15 is 0 Å². The molecule has 2 N–H and O–H groups in total. The molecule has 0 aliphatic rings. The first-order chi connectivity index (χ1) is 10.1. The van der Waals surface area contributed by atoms with Crippen LogP contribution in [0, 0.1) is 18.6 Å². The number of benzene rings is 2. The van der Waals surface area contributed by atoms with Crippen molar-refractivity contribution in [3.8, 4) is 0 Å². The Balaban J connectivity index is 2.16. The van der Waals surface area contributed by atoms with Gasteiger partial charge in [-0.25, -0.2) is 8.78 Å². The van der Waals surface area contributed by atoms with E-state index in [1.807, 2.05) is 31.2 Å². The van der Waals surface area contributed by atoms with Gasteiger partial charge in [-0.1, -0.05) is 24.3 Å². The van der Waals surface area contributed by atoms with Crippen LogP contribution in [-0.4, -0.2) is 4.98 Å². The summed E-state index contributed by atoms with van der Waals surface area (Å²) >= 11 is 0. The van der Waals surface area contributed by atoms with Crippen LogP contribution in [0.25, 0.3) is 10.9 Å². The molecular weight excluding hydrogens is 270 g/mol. The summed E-state index contributed by atoms with van der Waals surface area (Å²) in [6.45, 7) is 1.93. The topological polar surface area (TPSA) is 38.9 Å². The molecule has 0 radical (unpaired) electrons. The van der Waals surface area contributed by atoms with Crippen molar-refractivity contribution in [2.45, 2.75) is 13.0 Å². The number of halogens is 2. The molecule has 2 nitrogen and oxygen atoms in total. The van der Waals surface area contributed by atoms with E-state index < -0.39 is 17.7 Å². The van der Waals surface area contributed by atoms with Gasteiger partial charge in [-0.2, -0.15) is 0 Å². The standard InChI is InChI=1S/C17H14F2N2/c1-10-9-15(21-14-8-3-2-5-11(10)14)17(20)16-12(18)6-4-7-13(16)19/h2-9,17H,20H2,1H3. The minimum absolute atomic E-state index is 0.153. The molecule has 1 atom stereocenters. The Morgan fingerprint density at radius 2 is 1.67 bits per heavy atom. The third-order valence-corrected chi connectivity index (χ3v) is 3.57. The van der Waals surface area contributed by atoms with Gasteiger partial charge in [-0.3, -0.25) is 4.98 Å². The molecule has 0 saturated heterocycles. The smallest absolute Gasteiger partial charge is 0.131 e. The zero-order valence-corrected chi connectivity index (χ0v) is 11.5. The molecule has 0 amide bonds. The summed E-state index contributed by atoms with van der Waals surface area (Å²) in [5, 5.41) is 1.00. The SMILES string of the molecule is Cc1cc(C(N)c2c(F)cccc2F)nc2ccccc12. The molecule has 4 heteroatoms. The van der Waals surface area contributed by atoms with Crippen LogP contribution in [0.2, 0.25) is 0 Å². The Hall–Kier alpha value is -2.33. The Bertz CT molecular complexity index is 795. The first-order valence-corrected chi connectivity index (χ1v) is 6.63. The lowest BCUT2D eigenvalue weighted by molar-refractivity contribution is 0.541. The quantitative estimate of drug-likeness (QED) is 0.776. The molecule has 106 valence electrons. The third kappa shape index (κ3) is 2.38. The number of nitrogens with zero attached hydrogens (tertiary/aromatic N) is 1. The highest BCUT2D eigenvalue weighted by Crippen LogP contribution is 2.26. The fraction of sp³-hybridized carbons (Fsp3) is 0.118. The maximum atomic E-state index is 13.9. The van der Waals surface area contributed by atoms with Crippen LogP contribution in [0.5, 0.6) is 0 Å². The van der Waals surface area contributed by atoms with Crippen LogP contribution < -0.4 is 5.73 Å². The van der Waals surface area contributed by atoms with E-state index in [2.05, 4.69) is 4.98 Å². The number of aryl methyl sites for hydroxylation is 1. The van der Waals surface area contributed by atoms with Gasteiger partial charge in [0, 0.05) is 10.9 Å². The number of nitrogens with two attached hydrogens (primary N) is 1. The molecule has 2 aromatic carbocycles. The average molecular weight is 284 g/mol. The van der Waals surface area contributed by atoms with Crippen LogP contribution >= 0.6 is 0 Å². The van der Waals surface area contributed by atoms with E-state index in [0.717, 1.165) is 16.5 Å². The molecule has 1 unspecified atom stereocenters. The number of para-hydroxylation sites is 1. The largest absolute Gasteiger partial charge is 0.319 e. The number of pyridine rings is 1. The molecule has 1 aromatic heterocycles. The van der Waals surface area contributed by atoms with E-state index in [1.54, 1.807) is 6.07 Å². The molecule has 3 aromatic rings. The summed E-state index contributed by atoms with van der Waals surface area (Å²) in [6, 6.07) is 12.2. The van der Waals surface area contributed by atoms with Gasteiger partial charge >= 0.3 is 0 Å². The van der Waals surface area contributed by atoms with Crippen molar-refractivity contribution >= 4 is 10.9 Å². The monoisotopic (exact) mass is 284 g/mol. The zero-order valence-electron chi connectivity index (χ0n) is 11.5. The first-order valence-electron chi connectivity index (χ1n) is 6.63. The molecule has 0 aliphatic carbocycles. The van der Waals surface area contributed by atoms with Crippen LogP contribution in [-0.2, 0) is 0 Å². The molecule has 1 heterocycles. The predicted octanol–water partition coefficient (Wildman–Crippen LogP) is 3.87. The summed E-state index contributed by atoms with van der Waals surface area (Å²) in [4.78, 5) is 4.44. The van der Waals surface area contributed by atoms with Crippen molar-refractivity contribution in [2.24, 2.45) is 5.73 Å². The second-order valence-electron chi connectivity index (χ2n) is 4.99. The first kappa shape index (κ1) is 13.6. The third-order valence-electron chi connectivity index (χ3n) is 3.57. The summed E-state index contributed by atoms with van der Waals surface area (Å²) in [5.41, 5.74) is 8.07. The van der Waals surface area contributed by atoms with Gasteiger partial charge in [0.25, 0.3) is 0 Å². The van der Waals surface area contributed by atoms with Crippen LogP contribution in [0.15, 0.2) is 48.5 Å². The van der Waals surface area contributed by atoms with Crippen LogP contribution in [0.1, 0.15) is 22.9 Å². The van der Waals surface area contributed by atoms with E-state index in [-0.39, 0.29) is 5.56 Å². The lowest BCUT2D eigenvalue weighted by atomic mass is 10.00. The average Bonchev–Trinajstić information content (AvgIpc) is 2.47. The Morgan fingerprint density at radius 1 is 1.00 bits per heavy atom.